The summed E-state index contributed by atoms with van der Waals surface area (Å²) in [5.41, 5.74) is 1.84. The molecule has 0 radical (unpaired) electrons. The van der Waals surface area contributed by atoms with Gasteiger partial charge in [0.2, 0.25) is 0 Å². The van der Waals surface area contributed by atoms with E-state index in [4.69, 9.17) is 26.2 Å². The van der Waals surface area contributed by atoms with Gasteiger partial charge >= 0.3 is 0 Å². The molecule has 3 rings (SSSR count). The molecule has 0 spiro atoms. The molecule has 28 heavy (non-hydrogen) atoms. The number of benzene rings is 1. The van der Waals surface area contributed by atoms with Crippen LogP contribution in [0.2, 0.25) is 5.02 Å². The average molecular weight is 419 g/mol. The number of carbonyl (C=O) groups excluding carboxylic acids is 1. The van der Waals surface area contributed by atoms with E-state index < -0.39 is 5.60 Å². The van der Waals surface area contributed by atoms with E-state index in [0.29, 0.717) is 11.6 Å². The van der Waals surface area contributed by atoms with Crippen LogP contribution < -0.4 is 4.74 Å². The molecule has 1 aromatic carbocycles. The number of aromatic nitrogens is 2. The van der Waals surface area contributed by atoms with E-state index in [-0.39, 0.29) is 12.4 Å². The largest absolute Gasteiger partial charge is 0.496 e. The van der Waals surface area contributed by atoms with Crippen LogP contribution in [0.25, 0.3) is 10.6 Å². The molecular formula is C21H23ClN2O3S. The lowest BCUT2D eigenvalue weighted by Gasteiger charge is -2.21. The second-order valence-corrected chi connectivity index (χ2v) is 8.29. The fourth-order valence-corrected chi connectivity index (χ4v) is 3.64. The summed E-state index contributed by atoms with van der Waals surface area (Å²) >= 11 is 7.93. The third-order valence-corrected chi connectivity index (χ3v) is 5.90. The minimum atomic E-state index is -0.848. The van der Waals surface area contributed by atoms with E-state index in [1.165, 1.54) is 6.92 Å². The topological polar surface area (TPSA) is 53.4 Å². The molecule has 7 heteroatoms. The molecule has 0 atom stereocenters. The molecule has 0 aliphatic rings. The average Bonchev–Trinajstić information content (AvgIpc) is 3.28. The summed E-state index contributed by atoms with van der Waals surface area (Å²) < 4.78 is 13.0. The lowest BCUT2D eigenvalue weighted by molar-refractivity contribution is -0.139. The van der Waals surface area contributed by atoms with Crippen molar-refractivity contribution in [3.8, 4) is 16.3 Å². The van der Waals surface area contributed by atoms with E-state index in [0.717, 1.165) is 27.6 Å². The number of halogens is 1. The van der Waals surface area contributed by atoms with Crippen LogP contribution in [-0.2, 0) is 22.7 Å². The van der Waals surface area contributed by atoms with Gasteiger partial charge in [0.25, 0.3) is 0 Å². The molecule has 0 unspecified atom stereocenters. The Morgan fingerprint density at radius 3 is 2.68 bits per heavy atom. The molecular weight excluding hydrogens is 396 g/mol. The highest BCUT2D eigenvalue weighted by molar-refractivity contribution is 7.13. The molecule has 0 saturated carbocycles. The summed E-state index contributed by atoms with van der Waals surface area (Å²) in [7, 11) is 1.65. The molecule has 0 amide bonds. The fraction of sp³-hybridized carbons (Fsp3) is 0.333. The quantitative estimate of drug-likeness (QED) is 0.504. The Kier molecular flexibility index (Phi) is 6.23. The van der Waals surface area contributed by atoms with Crippen molar-refractivity contribution in [3.63, 3.8) is 0 Å². The Hall–Kier alpha value is -2.15. The molecule has 0 N–H and O–H groups in total. The first-order valence-corrected chi connectivity index (χ1v) is 10.1. The van der Waals surface area contributed by atoms with Crippen LogP contribution >= 0.6 is 22.9 Å². The lowest BCUT2D eigenvalue weighted by atomic mass is 10.1. The molecule has 148 valence electrons. The molecule has 0 fully saturated rings. The van der Waals surface area contributed by atoms with Crippen molar-refractivity contribution in [2.24, 2.45) is 0 Å². The standard InChI is InChI=1S/C21H23ClN2O3S/c1-14(25)21(2,3)27-12-16-9-19(20-10-17(26-4)13-28-20)24(23-16)11-15-7-5-6-8-18(15)22/h5-10,13H,11-12H2,1-4H3. The van der Waals surface area contributed by atoms with E-state index >= 15 is 0 Å². The van der Waals surface area contributed by atoms with Crippen molar-refractivity contribution in [2.75, 3.05) is 7.11 Å². The number of hydrogen-bond acceptors (Lipinski definition) is 5. The van der Waals surface area contributed by atoms with Crippen molar-refractivity contribution in [3.05, 3.63) is 58.1 Å². The second kappa shape index (κ2) is 8.47. The van der Waals surface area contributed by atoms with Gasteiger partial charge in [-0.1, -0.05) is 29.8 Å². The number of carbonyl (C=O) groups is 1. The minimum Gasteiger partial charge on any atom is -0.496 e. The monoisotopic (exact) mass is 418 g/mol. The predicted octanol–water partition coefficient (Wildman–Crippen LogP) is 5.21. The maximum atomic E-state index is 11.7. The van der Waals surface area contributed by atoms with Crippen LogP contribution in [0.1, 0.15) is 32.0 Å². The van der Waals surface area contributed by atoms with E-state index in [9.17, 15) is 4.79 Å². The van der Waals surface area contributed by atoms with Crippen LogP contribution in [0.3, 0.4) is 0 Å². The van der Waals surface area contributed by atoms with E-state index in [1.807, 2.05) is 46.5 Å². The minimum absolute atomic E-state index is 0.0220. The highest BCUT2D eigenvalue weighted by Gasteiger charge is 2.25. The zero-order valence-corrected chi connectivity index (χ0v) is 17.9. The second-order valence-electron chi connectivity index (χ2n) is 6.98. The molecule has 0 aliphatic heterocycles. The molecule has 0 bridgehead atoms. The molecule has 3 aromatic rings. The Morgan fingerprint density at radius 1 is 1.29 bits per heavy atom. The number of ketones is 1. The van der Waals surface area contributed by atoms with Crippen molar-refractivity contribution >= 4 is 28.7 Å². The van der Waals surface area contributed by atoms with Gasteiger partial charge in [-0.3, -0.25) is 9.48 Å². The number of rotatable bonds is 8. The van der Waals surface area contributed by atoms with Gasteiger partial charge in [-0.15, -0.1) is 11.3 Å². The summed E-state index contributed by atoms with van der Waals surface area (Å²) in [4.78, 5) is 12.8. The summed E-state index contributed by atoms with van der Waals surface area (Å²) in [6.45, 7) is 5.84. The normalized spacial score (nSPS) is 11.6. The van der Waals surface area contributed by atoms with E-state index in [2.05, 4.69) is 0 Å². The van der Waals surface area contributed by atoms with Crippen LogP contribution in [-0.4, -0.2) is 28.3 Å². The van der Waals surface area contributed by atoms with Gasteiger partial charge in [0, 0.05) is 16.5 Å². The lowest BCUT2D eigenvalue weighted by Crippen LogP contribution is -2.32. The molecule has 0 aliphatic carbocycles. The van der Waals surface area contributed by atoms with Crippen molar-refractivity contribution < 1.29 is 14.3 Å². The number of nitrogens with zero attached hydrogens (tertiary/aromatic N) is 2. The van der Waals surface area contributed by atoms with Crippen molar-refractivity contribution in [2.45, 2.75) is 39.5 Å². The molecule has 0 saturated heterocycles. The van der Waals surface area contributed by atoms with Gasteiger partial charge < -0.3 is 9.47 Å². The Balaban J connectivity index is 1.93. The summed E-state index contributed by atoms with van der Waals surface area (Å²) in [5, 5.41) is 7.36. The number of hydrogen-bond donors (Lipinski definition) is 0. The summed E-state index contributed by atoms with van der Waals surface area (Å²) in [6, 6.07) is 11.7. The van der Waals surface area contributed by atoms with Crippen molar-refractivity contribution in [1.82, 2.24) is 9.78 Å². The van der Waals surface area contributed by atoms with Gasteiger partial charge in [-0.2, -0.15) is 5.10 Å². The van der Waals surface area contributed by atoms with Gasteiger partial charge in [0.1, 0.15) is 11.4 Å². The van der Waals surface area contributed by atoms with E-state index in [1.54, 1.807) is 32.3 Å². The number of methoxy groups -OCH3 is 1. The number of Topliss-reactive ketones (excluding diaryl/α,β-unsaturated/α-hetero) is 1. The van der Waals surface area contributed by atoms with Gasteiger partial charge in [-0.05, 0) is 38.5 Å². The van der Waals surface area contributed by atoms with Crippen LogP contribution in [0, 0.1) is 0 Å². The Morgan fingerprint density at radius 2 is 2.04 bits per heavy atom. The van der Waals surface area contributed by atoms with Crippen LogP contribution in [0.5, 0.6) is 5.75 Å². The van der Waals surface area contributed by atoms with Crippen molar-refractivity contribution in [1.29, 1.82) is 0 Å². The van der Waals surface area contributed by atoms with Gasteiger partial charge in [0.15, 0.2) is 5.78 Å². The zero-order valence-electron chi connectivity index (χ0n) is 16.4. The SMILES string of the molecule is COc1csc(-c2cc(COC(C)(C)C(C)=O)nn2Cc2ccccc2Cl)c1. The third kappa shape index (κ3) is 4.63. The highest BCUT2D eigenvalue weighted by atomic mass is 35.5. The highest BCUT2D eigenvalue weighted by Crippen LogP contribution is 2.32. The Labute approximate surface area is 173 Å². The van der Waals surface area contributed by atoms with Gasteiger partial charge in [0.05, 0.1) is 36.5 Å². The number of ether oxygens (including phenoxy) is 2. The maximum absolute atomic E-state index is 11.7. The molecule has 2 heterocycles. The third-order valence-electron chi connectivity index (χ3n) is 4.60. The first-order valence-electron chi connectivity index (χ1n) is 8.88. The first kappa shape index (κ1) is 20.6. The van der Waals surface area contributed by atoms with Crippen LogP contribution in [0.15, 0.2) is 41.8 Å². The zero-order chi connectivity index (χ0) is 20.3. The smallest absolute Gasteiger partial charge is 0.161 e. The van der Waals surface area contributed by atoms with Crippen LogP contribution in [0.4, 0.5) is 0 Å². The predicted molar refractivity (Wildman–Crippen MR) is 112 cm³/mol. The maximum Gasteiger partial charge on any atom is 0.161 e. The van der Waals surface area contributed by atoms with Gasteiger partial charge in [-0.25, -0.2) is 0 Å². The fourth-order valence-electron chi connectivity index (χ4n) is 2.56. The Bertz CT molecular complexity index is 978. The first-order chi connectivity index (χ1) is 13.3. The molecule has 2 aromatic heterocycles. The summed E-state index contributed by atoms with van der Waals surface area (Å²) in [5.74, 6) is 0.784. The number of thiophene rings is 1. The molecule has 5 nitrogen and oxygen atoms in total. The summed E-state index contributed by atoms with van der Waals surface area (Å²) in [6.07, 6.45) is 0.